The quantitative estimate of drug-likeness (QED) is 0.892. The summed E-state index contributed by atoms with van der Waals surface area (Å²) >= 11 is 6.16. The van der Waals surface area contributed by atoms with E-state index in [1.165, 1.54) is 25.1 Å². The van der Waals surface area contributed by atoms with E-state index in [-0.39, 0.29) is 16.6 Å². The van der Waals surface area contributed by atoms with Gasteiger partial charge in [0.1, 0.15) is 5.82 Å². The molecule has 0 amide bonds. The molecule has 1 fully saturated rings. The molecule has 1 aromatic heterocycles. The van der Waals surface area contributed by atoms with Gasteiger partial charge in [0, 0.05) is 18.8 Å². The van der Waals surface area contributed by atoms with E-state index in [9.17, 15) is 4.79 Å². The van der Waals surface area contributed by atoms with Gasteiger partial charge in [-0.15, -0.1) is 0 Å². The molecule has 1 aliphatic rings. The largest absolute Gasteiger partial charge is 0.478 e. The van der Waals surface area contributed by atoms with Gasteiger partial charge in [-0.05, 0) is 38.7 Å². The van der Waals surface area contributed by atoms with Crippen molar-refractivity contribution in [3.05, 3.63) is 22.8 Å². The standard InChI is InChI=1S/C13H17ClN2O2/c1-8(2)16(7-9-3-4-9)12-11(14)10(13(17)18)5-6-15-12/h5-6,8-9H,3-4,7H2,1-2H3,(H,17,18). The summed E-state index contributed by atoms with van der Waals surface area (Å²) in [6.07, 6.45) is 3.98. The Labute approximate surface area is 112 Å². The molecular weight excluding hydrogens is 252 g/mol. The predicted molar refractivity (Wildman–Crippen MR) is 71.4 cm³/mol. The van der Waals surface area contributed by atoms with E-state index >= 15 is 0 Å². The summed E-state index contributed by atoms with van der Waals surface area (Å²) in [5.41, 5.74) is 0.114. The van der Waals surface area contributed by atoms with Crippen LogP contribution in [0.5, 0.6) is 0 Å². The van der Waals surface area contributed by atoms with Gasteiger partial charge in [-0.1, -0.05) is 11.6 Å². The number of hydrogen-bond acceptors (Lipinski definition) is 3. The number of aromatic nitrogens is 1. The van der Waals surface area contributed by atoms with Crippen molar-refractivity contribution >= 4 is 23.4 Å². The lowest BCUT2D eigenvalue weighted by Crippen LogP contribution is -2.34. The van der Waals surface area contributed by atoms with E-state index in [0.29, 0.717) is 11.7 Å². The minimum Gasteiger partial charge on any atom is -0.478 e. The zero-order chi connectivity index (χ0) is 13.3. The molecule has 0 aromatic carbocycles. The summed E-state index contributed by atoms with van der Waals surface area (Å²) in [7, 11) is 0. The molecule has 0 saturated heterocycles. The molecule has 1 N–H and O–H groups in total. The summed E-state index contributed by atoms with van der Waals surface area (Å²) < 4.78 is 0. The zero-order valence-corrected chi connectivity index (χ0v) is 11.3. The van der Waals surface area contributed by atoms with Crippen LogP contribution in [0.4, 0.5) is 5.82 Å². The SMILES string of the molecule is CC(C)N(CC1CC1)c1nccc(C(=O)O)c1Cl. The lowest BCUT2D eigenvalue weighted by Gasteiger charge is -2.29. The number of aromatic carboxylic acids is 1. The fourth-order valence-electron chi connectivity index (χ4n) is 1.92. The first-order valence-electron chi connectivity index (χ1n) is 6.15. The van der Waals surface area contributed by atoms with Crippen molar-refractivity contribution in [3.8, 4) is 0 Å². The van der Waals surface area contributed by atoms with E-state index in [1.807, 2.05) is 0 Å². The van der Waals surface area contributed by atoms with Gasteiger partial charge in [0.15, 0.2) is 0 Å². The van der Waals surface area contributed by atoms with Crippen LogP contribution in [0.1, 0.15) is 37.0 Å². The number of pyridine rings is 1. The molecule has 1 heterocycles. The highest BCUT2D eigenvalue weighted by Gasteiger charge is 2.28. The van der Waals surface area contributed by atoms with Crippen molar-refractivity contribution in [1.29, 1.82) is 0 Å². The number of carbonyl (C=O) groups is 1. The maximum Gasteiger partial charge on any atom is 0.337 e. The van der Waals surface area contributed by atoms with Crippen LogP contribution in [0.3, 0.4) is 0 Å². The highest BCUT2D eigenvalue weighted by molar-refractivity contribution is 6.35. The average molecular weight is 269 g/mol. The number of hydrogen-bond donors (Lipinski definition) is 1. The van der Waals surface area contributed by atoms with Gasteiger partial charge in [0.25, 0.3) is 0 Å². The second-order valence-corrected chi connectivity index (χ2v) is 5.37. The number of carboxylic acid groups (broad SMARTS) is 1. The molecule has 0 spiro atoms. The van der Waals surface area contributed by atoms with Crippen LogP contribution in [0.2, 0.25) is 5.02 Å². The van der Waals surface area contributed by atoms with Crippen molar-refractivity contribution in [2.75, 3.05) is 11.4 Å². The van der Waals surface area contributed by atoms with Gasteiger partial charge < -0.3 is 10.0 Å². The van der Waals surface area contributed by atoms with Gasteiger partial charge in [-0.25, -0.2) is 9.78 Å². The van der Waals surface area contributed by atoms with Gasteiger partial charge in [0.2, 0.25) is 0 Å². The average Bonchev–Trinajstić information content (AvgIpc) is 3.10. The number of rotatable bonds is 5. The summed E-state index contributed by atoms with van der Waals surface area (Å²) in [5.74, 6) is 0.260. The molecule has 0 bridgehead atoms. The Bertz CT molecular complexity index is 458. The first-order chi connectivity index (χ1) is 8.50. The molecule has 4 nitrogen and oxygen atoms in total. The van der Waals surface area contributed by atoms with Gasteiger partial charge in [0.05, 0.1) is 10.6 Å². The summed E-state index contributed by atoms with van der Waals surface area (Å²) in [4.78, 5) is 17.4. The normalized spacial score (nSPS) is 14.9. The molecular formula is C13H17ClN2O2. The second kappa shape index (κ2) is 5.14. The van der Waals surface area contributed by atoms with Crippen molar-refractivity contribution in [3.63, 3.8) is 0 Å². The molecule has 98 valence electrons. The third-order valence-electron chi connectivity index (χ3n) is 3.15. The van der Waals surface area contributed by atoms with Crippen LogP contribution in [0.15, 0.2) is 12.3 Å². The third-order valence-corrected chi connectivity index (χ3v) is 3.52. The Morgan fingerprint density at radius 1 is 1.61 bits per heavy atom. The molecule has 18 heavy (non-hydrogen) atoms. The lowest BCUT2D eigenvalue weighted by molar-refractivity contribution is 0.0697. The van der Waals surface area contributed by atoms with Crippen LogP contribution in [0, 0.1) is 5.92 Å². The molecule has 0 radical (unpaired) electrons. The van der Waals surface area contributed by atoms with Gasteiger partial charge in [-0.2, -0.15) is 0 Å². The highest BCUT2D eigenvalue weighted by Crippen LogP contribution is 2.34. The van der Waals surface area contributed by atoms with Gasteiger partial charge >= 0.3 is 5.97 Å². The molecule has 2 rings (SSSR count). The van der Waals surface area contributed by atoms with Crippen LogP contribution >= 0.6 is 11.6 Å². The molecule has 0 aliphatic heterocycles. The van der Waals surface area contributed by atoms with E-state index in [0.717, 1.165) is 6.54 Å². The smallest absolute Gasteiger partial charge is 0.337 e. The molecule has 0 unspecified atom stereocenters. The number of nitrogens with zero attached hydrogens (tertiary/aromatic N) is 2. The maximum absolute atomic E-state index is 11.1. The first kappa shape index (κ1) is 13.1. The van der Waals surface area contributed by atoms with Crippen molar-refractivity contribution in [2.24, 2.45) is 5.92 Å². The van der Waals surface area contributed by atoms with Gasteiger partial charge in [-0.3, -0.25) is 0 Å². The minimum absolute atomic E-state index is 0.114. The monoisotopic (exact) mass is 268 g/mol. The Morgan fingerprint density at radius 3 is 2.78 bits per heavy atom. The van der Waals surface area contributed by atoms with Crippen LogP contribution in [-0.4, -0.2) is 28.6 Å². The lowest BCUT2D eigenvalue weighted by atomic mass is 10.2. The Kier molecular flexibility index (Phi) is 3.76. The Hall–Kier alpha value is -1.29. The van der Waals surface area contributed by atoms with Crippen LogP contribution in [-0.2, 0) is 0 Å². The zero-order valence-electron chi connectivity index (χ0n) is 10.6. The van der Waals surface area contributed by atoms with E-state index in [2.05, 4.69) is 23.7 Å². The predicted octanol–water partition coefficient (Wildman–Crippen LogP) is 3.06. The molecule has 1 aromatic rings. The van der Waals surface area contributed by atoms with Crippen LogP contribution in [0.25, 0.3) is 0 Å². The first-order valence-corrected chi connectivity index (χ1v) is 6.53. The Balaban J connectivity index is 2.34. The summed E-state index contributed by atoms with van der Waals surface area (Å²) in [6.45, 7) is 5.02. The molecule has 0 atom stereocenters. The molecule has 1 aliphatic carbocycles. The fraction of sp³-hybridized carbons (Fsp3) is 0.538. The van der Waals surface area contributed by atoms with Crippen LogP contribution < -0.4 is 4.90 Å². The van der Waals surface area contributed by atoms with E-state index in [4.69, 9.17) is 16.7 Å². The van der Waals surface area contributed by atoms with Crippen molar-refractivity contribution in [1.82, 2.24) is 4.98 Å². The Morgan fingerprint density at radius 2 is 2.28 bits per heavy atom. The molecule has 1 saturated carbocycles. The topological polar surface area (TPSA) is 53.4 Å². The molecule has 5 heteroatoms. The maximum atomic E-state index is 11.1. The fourth-order valence-corrected chi connectivity index (χ4v) is 2.22. The van der Waals surface area contributed by atoms with Crippen molar-refractivity contribution in [2.45, 2.75) is 32.7 Å². The van der Waals surface area contributed by atoms with E-state index < -0.39 is 5.97 Å². The number of carboxylic acids is 1. The van der Waals surface area contributed by atoms with E-state index in [1.54, 1.807) is 0 Å². The number of halogens is 1. The number of anilines is 1. The third kappa shape index (κ3) is 2.75. The second-order valence-electron chi connectivity index (χ2n) is 4.99. The highest BCUT2D eigenvalue weighted by atomic mass is 35.5. The summed E-state index contributed by atoms with van der Waals surface area (Å²) in [6, 6.07) is 1.68. The minimum atomic E-state index is -1.02. The van der Waals surface area contributed by atoms with Crippen molar-refractivity contribution < 1.29 is 9.90 Å². The summed E-state index contributed by atoms with van der Waals surface area (Å²) in [5, 5.41) is 9.31.